The van der Waals surface area contributed by atoms with Gasteiger partial charge in [0.2, 0.25) is 0 Å². The number of imidazole rings is 1. The van der Waals surface area contributed by atoms with Crippen LogP contribution in [0.3, 0.4) is 0 Å². The number of nitrogens with zero attached hydrogens (tertiary/aromatic N) is 1. The van der Waals surface area contributed by atoms with Gasteiger partial charge in [-0.2, -0.15) is 0 Å². The van der Waals surface area contributed by atoms with Crippen molar-refractivity contribution in [1.29, 1.82) is 0 Å². The lowest BCUT2D eigenvalue weighted by molar-refractivity contribution is -0.137. The molecule has 1 atom stereocenters. The number of hydrogen-bond acceptors (Lipinski definition) is 4. The number of ether oxygens (including phenoxy) is 2. The molecule has 2 N–H and O–H groups in total. The van der Waals surface area contributed by atoms with Crippen molar-refractivity contribution in [1.82, 2.24) is 15.3 Å². The number of H-pyrrole nitrogens is 1. The summed E-state index contributed by atoms with van der Waals surface area (Å²) < 4.78 is 11.2. The van der Waals surface area contributed by atoms with Gasteiger partial charge in [0.05, 0.1) is 12.7 Å². The third-order valence-electron chi connectivity index (χ3n) is 2.51. The molecule has 5 nitrogen and oxygen atoms in total. The number of aromatic nitrogens is 2. The maximum Gasteiger partial charge on any atom is 0.163 e. The van der Waals surface area contributed by atoms with E-state index in [1.807, 2.05) is 27.0 Å². The van der Waals surface area contributed by atoms with Crippen LogP contribution < -0.4 is 5.32 Å². The predicted molar refractivity (Wildman–Crippen MR) is 59.9 cm³/mol. The Labute approximate surface area is 95.6 Å². The fourth-order valence-electron chi connectivity index (χ4n) is 1.79. The first-order chi connectivity index (χ1) is 7.55. The number of nitrogens with one attached hydrogen (secondary N) is 2. The van der Waals surface area contributed by atoms with Crippen molar-refractivity contribution < 1.29 is 9.47 Å². The van der Waals surface area contributed by atoms with E-state index in [2.05, 4.69) is 15.3 Å². The van der Waals surface area contributed by atoms with Crippen LogP contribution in [0.25, 0.3) is 0 Å². The van der Waals surface area contributed by atoms with Crippen molar-refractivity contribution in [3.63, 3.8) is 0 Å². The molecule has 1 unspecified atom stereocenters. The number of aryl methyl sites for hydroxylation is 1. The lowest BCUT2D eigenvalue weighted by Gasteiger charge is -2.17. The van der Waals surface area contributed by atoms with Crippen LogP contribution in [0.4, 0.5) is 0 Å². The van der Waals surface area contributed by atoms with Gasteiger partial charge in [0.1, 0.15) is 5.82 Å². The highest BCUT2D eigenvalue weighted by molar-refractivity contribution is 4.99. The van der Waals surface area contributed by atoms with Crippen molar-refractivity contribution in [3.8, 4) is 0 Å². The Balaban J connectivity index is 1.69. The van der Waals surface area contributed by atoms with Gasteiger partial charge in [0, 0.05) is 25.0 Å². The SMILES string of the molecule is Cc1ncc(CNCC2COC(C)(C)O2)[nH]1. The van der Waals surface area contributed by atoms with E-state index < -0.39 is 5.79 Å². The minimum atomic E-state index is -0.434. The summed E-state index contributed by atoms with van der Waals surface area (Å²) in [5.41, 5.74) is 1.09. The standard InChI is InChI=1S/C11H19N3O2/c1-8-13-5-9(14-8)4-12-6-10-7-15-11(2,3)16-10/h5,10,12H,4,6-7H2,1-3H3,(H,13,14). The first-order valence-corrected chi connectivity index (χ1v) is 5.58. The van der Waals surface area contributed by atoms with E-state index >= 15 is 0 Å². The molecule has 0 amide bonds. The van der Waals surface area contributed by atoms with Crippen molar-refractivity contribution >= 4 is 0 Å². The van der Waals surface area contributed by atoms with Crippen LogP contribution >= 0.6 is 0 Å². The Morgan fingerprint density at radius 1 is 1.62 bits per heavy atom. The van der Waals surface area contributed by atoms with Gasteiger partial charge in [-0.25, -0.2) is 4.98 Å². The Kier molecular flexibility index (Phi) is 3.28. The second-order valence-corrected chi connectivity index (χ2v) is 4.58. The Morgan fingerprint density at radius 3 is 3.00 bits per heavy atom. The summed E-state index contributed by atoms with van der Waals surface area (Å²) in [6, 6.07) is 0. The summed E-state index contributed by atoms with van der Waals surface area (Å²) in [4.78, 5) is 7.31. The molecule has 1 fully saturated rings. The predicted octanol–water partition coefficient (Wildman–Crippen LogP) is 0.959. The Hall–Kier alpha value is -0.910. The summed E-state index contributed by atoms with van der Waals surface area (Å²) in [5.74, 6) is 0.509. The highest BCUT2D eigenvalue weighted by atomic mass is 16.7. The third-order valence-corrected chi connectivity index (χ3v) is 2.51. The zero-order valence-electron chi connectivity index (χ0n) is 10.0. The van der Waals surface area contributed by atoms with Gasteiger partial charge in [-0.1, -0.05) is 0 Å². The van der Waals surface area contributed by atoms with Crippen LogP contribution in [0.15, 0.2) is 6.20 Å². The second-order valence-electron chi connectivity index (χ2n) is 4.58. The molecule has 16 heavy (non-hydrogen) atoms. The average molecular weight is 225 g/mol. The van der Waals surface area contributed by atoms with Crippen LogP contribution in [0.1, 0.15) is 25.4 Å². The van der Waals surface area contributed by atoms with Gasteiger partial charge in [-0.15, -0.1) is 0 Å². The molecule has 0 bridgehead atoms. The molecule has 1 saturated heterocycles. The molecule has 0 saturated carbocycles. The van der Waals surface area contributed by atoms with Crippen molar-refractivity contribution in [3.05, 3.63) is 17.7 Å². The quantitative estimate of drug-likeness (QED) is 0.801. The molecule has 0 aromatic carbocycles. The summed E-state index contributed by atoms with van der Waals surface area (Å²) >= 11 is 0. The van der Waals surface area contributed by atoms with Crippen LogP contribution in [0.5, 0.6) is 0 Å². The molecule has 0 radical (unpaired) electrons. The first-order valence-electron chi connectivity index (χ1n) is 5.58. The van der Waals surface area contributed by atoms with E-state index in [0.29, 0.717) is 6.61 Å². The van der Waals surface area contributed by atoms with Gasteiger partial charge in [0.25, 0.3) is 0 Å². The fourth-order valence-corrected chi connectivity index (χ4v) is 1.79. The smallest absolute Gasteiger partial charge is 0.163 e. The summed E-state index contributed by atoms with van der Waals surface area (Å²) in [6.45, 7) is 8.04. The van der Waals surface area contributed by atoms with Crippen LogP contribution in [-0.4, -0.2) is 35.0 Å². The number of hydrogen-bond donors (Lipinski definition) is 2. The van der Waals surface area contributed by atoms with Crippen LogP contribution in [0.2, 0.25) is 0 Å². The van der Waals surface area contributed by atoms with E-state index in [1.54, 1.807) is 0 Å². The topological polar surface area (TPSA) is 59.2 Å². The maximum absolute atomic E-state index is 5.68. The fraction of sp³-hybridized carbons (Fsp3) is 0.727. The molecular weight excluding hydrogens is 206 g/mol. The second kappa shape index (κ2) is 4.53. The number of rotatable bonds is 4. The lowest BCUT2D eigenvalue weighted by atomic mass is 10.3. The largest absolute Gasteiger partial charge is 0.348 e. The Morgan fingerprint density at radius 2 is 2.44 bits per heavy atom. The summed E-state index contributed by atoms with van der Waals surface area (Å²) in [7, 11) is 0. The minimum absolute atomic E-state index is 0.138. The molecule has 90 valence electrons. The minimum Gasteiger partial charge on any atom is -0.348 e. The zero-order chi connectivity index (χ0) is 11.6. The molecule has 2 heterocycles. The molecule has 1 aliphatic heterocycles. The van der Waals surface area contributed by atoms with Gasteiger partial charge in [-0.05, 0) is 20.8 Å². The normalized spacial score (nSPS) is 23.8. The van der Waals surface area contributed by atoms with E-state index in [4.69, 9.17) is 9.47 Å². The van der Waals surface area contributed by atoms with Crippen molar-refractivity contribution in [2.24, 2.45) is 0 Å². The van der Waals surface area contributed by atoms with Gasteiger partial charge < -0.3 is 19.8 Å². The molecule has 1 aromatic rings. The monoisotopic (exact) mass is 225 g/mol. The highest BCUT2D eigenvalue weighted by Gasteiger charge is 2.32. The first kappa shape index (κ1) is 11.6. The molecule has 1 aromatic heterocycles. The van der Waals surface area contributed by atoms with E-state index in [-0.39, 0.29) is 6.10 Å². The molecule has 5 heteroatoms. The molecule has 0 aliphatic carbocycles. The Bertz CT molecular complexity index is 349. The molecular formula is C11H19N3O2. The average Bonchev–Trinajstić information content (AvgIpc) is 2.73. The van der Waals surface area contributed by atoms with Crippen molar-refractivity contribution in [2.75, 3.05) is 13.2 Å². The number of aromatic amines is 1. The summed E-state index contributed by atoms with van der Waals surface area (Å²) in [6.07, 6.45) is 1.98. The van der Waals surface area contributed by atoms with E-state index in [1.165, 1.54) is 0 Å². The molecule has 1 aliphatic rings. The molecule has 2 rings (SSSR count). The third kappa shape index (κ3) is 3.04. The van der Waals surface area contributed by atoms with E-state index in [9.17, 15) is 0 Å². The lowest BCUT2D eigenvalue weighted by Crippen LogP contribution is -2.30. The van der Waals surface area contributed by atoms with Gasteiger partial charge >= 0.3 is 0 Å². The van der Waals surface area contributed by atoms with Gasteiger partial charge in [-0.3, -0.25) is 0 Å². The van der Waals surface area contributed by atoms with Crippen LogP contribution in [0, 0.1) is 6.92 Å². The van der Waals surface area contributed by atoms with E-state index in [0.717, 1.165) is 24.6 Å². The maximum atomic E-state index is 5.68. The summed E-state index contributed by atoms with van der Waals surface area (Å²) in [5, 5.41) is 3.32. The van der Waals surface area contributed by atoms with Crippen molar-refractivity contribution in [2.45, 2.75) is 39.2 Å². The van der Waals surface area contributed by atoms with Gasteiger partial charge in [0.15, 0.2) is 5.79 Å². The zero-order valence-corrected chi connectivity index (χ0v) is 10.0. The molecule has 0 spiro atoms. The van der Waals surface area contributed by atoms with Crippen LogP contribution in [-0.2, 0) is 16.0 Å². The highest BCUT2D eigenvalue weighted by Crippen LogP contribution is 2.21.